The maximum absolute atomic E-state index is 11.8. The average molecular weight is 301 g/mol. The van der Waals surface area contributed by atoms with Crippen LogP contribution in [-0.4, -0.2) is 28.7 Å². The van der Waals surface area contributed by atoms with Crippen molar-refractivity contribution in [3.8, 4) is 5.69 Å². The van der Waals surface area contributed by atoms with Crippen molar-refractivity contribution in [2.45, 2.75) is 33.6 Å². The van der Waals surface area contributed by atoms with E-state index in [-0.39, 0.29) is 5.91 Å². The third-order valence-corrected chi connectivity index (χ3v) is 3.50. The number of nitrogens with zero attached hydrogens (tertiary/aromatic N) is 2. The first-order chi connectivity index (χ1) is 10.6. The Bertz CT molecular complexity index is 617. The van der Waals surface area contributed by atoms with Crippen molar-refractivity contribution < 1.29 is 9.53 Å². The zero-order chi connectivity index (χ0) is 15.9. The van der Waals surface area contributed by atoms with E-state index >= 15 is 0 Å². The number of carbonyl (C=O) groups is 1. The molecule has 0 fully saturated rings. The first-order valence-electron chi connectivity index (χ1n) is 7.60. The Balaban J connectivity index is 1.92. The van der Waals surface area contributed by atoms with Crippen LogP contribution in [-0.2, 0) is 9.53 Å². The third-order valence-electron chi connectivity index (χ3n) is 3.50. The van der Waals surface area contributed by atoms with Crippen LogP contribution in [0, 0.1) is 13.8 Å². The van der Waals surface area contributed by atoms with Crippen molar-refractivity contribution in [2.24, 2.45) is 0 Å². The number of aryl methyl sites for hydroxylation is 1. The molecule has 0 atom stereocenters. The molecule has 0 bridgehead atoms. The lowest BCUT2D eigenvalue weighted by atomic mass is 10.2. The van der Waals surface area contributed by atoms with Gasteiger partial charge in [0, 0.05) is 23.7 Å². The summed E-state index contributed by atoms with van der Waals surface area (Å²) in [5.41, 5.74) is 3.95. The van der Waals surface area contributed by atoms with E-state index in [0.29, 0.717) is 19.6 Å². The summed E-state index contributed by atoms with van der Waals surface area (Å²) in [6.45, 7) is 7.23. The van der Waals surface area contributed by atoms with Gasteiger partial charge in [-0.15, -0.1) is 0 Å². The van der Waals surface area contributed by atoms with Crippen molar-refractivity contribution in [3.05, 3.63) is 42.0 Å². The first kappa shape index (κ1) is 16.2. The molecule has 0 unspecified atom stereocenters. The highest BCUT2D eigenvalue weighted by Crippen LogP contribution is 2.16. The number of benzene rings is 1. The van der Waals surface area contributed by atoms with Gasteiger partial charge in [0.05, 0.1) is 25.0 Å². The molecule has 2 rings (SSSR count). The highest BCUT2D eigenvalue weighted by Gasteiger charge is 2.06. The first-order valence-corrected chi connectivity index (χ1v) is 7.60. The fraction of sp³-hybridized carbons (Fsp3) is 0.412. The predicted octanol–water partition coefficient (Wildman–Crippen LogP) is 3.24. The summed E-state index contributed by atoms with van der Waals surface area (Å²) in [6, 6.07) is 7.73. The Morgan fingerprint density at radius 3 is 2.55 bits per heavy atom. The summed E-state index contributed by atoms with van der Waals surface area (Å²) < 4.78 is 7.34. The summed E-state index contributed by atoms with van der Waals surface area (Å²) in [5.74, 6) is -0.0292. The molecule has 1 N–H and O–H groups in total. The molecule has 1 amide bonds. The predicted molar refractivity (Wildman–Crippen MR) is 87.4 cm³/mol. The Morgan fingerprint density at radius 1 is 1.23 bits per heavy atom. The second-order valence-corrected chi connectivity index (χ2v) is 5.24. The molecule has 2 aromatic rings. The molecule has 118 valence electrons. The second kappa shape index (κ2) is 7.75. The van der Waals surface area contributed by atoms with Crippen LogP contribution in [0.4, 0.5) is 5.69 Å². The van der Waals surface area contributed by atoms with Crippen molar-refractivity contribution in [2.75, 3.05) is 18.5 Å². The molecular formula is C17H23N3O2. The number of amides is 1. The second-order valence-electron chi connectivity index (χ2n) is 5.24. The molecule has 0 aliphatic heterocycles. The van der Waals surface area contributed by atoms with Gasteiger partial charge in [0.25, 0.3) is 0 Å². The maximum atomic E-state index is 11.8. The molecule has 0 spiro atoms. The van der Waals surface area contributed by atoms with Crippen LogP contribution in [0.25, 0.3) is 5.69 Å². The lowest BCUT2D eigenvalue weighted by molar-refractivity contribution is -0.117. The van der Waals surface area contributed by atoms with E-state index in [1.807, 2.05) is 55.9 Å². The average Bonchev–Trinajstić information content (AvgIpc) is 2.84. The largest absolute Gasteiger partial charge is 0.381 e. The van der Waals surface area contributed by atoms with Crippen LogP contribution in [0.1, 0.15) is 31.2 Å². The number of ether oxygens (including phenoxy) is 1. The van der Waals surface area contributed by atoms with E-state index in [2.05, 4.69) is 10.3 Å². The summed E-state index contributed by atoms with van der Waals surface area (Å²) in [6.07, 6.45) is 3.15. The van der Waals surface area contributed by atoms with Gasteiger partial charge in [-0.2, -0.15) is 0 Å². The minimum Gasteiger partial charge on any atom is -0.381 e. The van der Waals surface area contributed by atoms with Crippen LogP contribution in [0.2, 0.25) is 0 Å². The molecule has 0 saturated carbocycles. The maximum Gasteiger partial charge on any atom is 0.226 e. The van der Waals surface area contributed by atoms with Crippen molar-refractivity contribution in [1.29, 1.82) is 0 Å². The SMILES string of the molecule is CCCOCCC(=O)Nc1ccc(-n2cnc(C)c2C)cc1. The van der Waals surface area contributed by atoms with Crippen LogP contribution in [0.15, 0.2) is 30.6 Å². The van der Waals surface area contributed by atoms with Gasteiger partial charge < -0.3 is 14.6 Å². The molecule has 5 nitrogen and oxygen atoms in total. The van der Waals surface area contributed by atoms with E-state index in [1.165, 1.54) is 0 Å². The Hall–Kier alpha value is -2.14. The summed E-state index contributed by atoms with van der Waals surface area (Å²) >= 11 is 0. The van der Waals surface area contributed by atoms with E-state index in [9.17, 15) is 4.79 Å². The smallest absolute Gasteiger partial charge is 0.226 e. The zero-order valence-electron chi connectivity index (χ0n) is 13.4. The molecule has 1 heterocycles. The monoisotopic (exact) mass is 301 g/mol. The van der Waals surface area contributed by atoms with Crippen LogP contribution < -0.4 is 5.32 Å². The van der Waals surface area contributed by atoms with Gasteiger partial charge in [-0.25, -0.2) is 4.98 Å². The Labute approximate surface area is 131 Å². The van der Waals surface area contributed by atoms with Gasteiger partial charge >= 0.3 is 0 Å². The van der Waals surface area contributed by atoms with Crippen molar-refractivity contribution in [3.63, 3.8) is 0 Å². The standard InChI is InChI=1S/C17H23N3O2/c1-4-10-22-11-9-17(21)19-15-5-7-16(8-6-15)20-12-18-13(2)14(20)3/h5-8,12H,4,9-11H2,1-3H3,(H,19,21). The van der Waals surface area contributed by atoms with Gasteiger partial charge in [-0.1, -0.05) is 6.92 Å². The Morgan fingerprint density at radius 2 is 1.95 bits per heavy atom. The minimum absolute atomic E-state index is 0.0292. The van der Waals surface area contributed by atoms with E-state index in [4.69, 9.17) is 4.74 Å². The number of nitrogens with one attached hydrogen (secondary N) is 1. The molecule has 0 aliphatic carbocycles. The molecule has 0 radical (unpaired) electrons. The van der Waals surface area contributed by atoms with E-state index in [1.54, 1.807) is 0 Å². The topological polar surface area (TPSA) is 56.1 Å². The van der Waals surface area contributed by atoms with E-state index < -0.39 is 0 Å². The van der Waals surface area contributed by atoms with Gasteiger partial charge in [0.1, 0.15) is 0 Å². The lowest BCUT2D eigenvalue weighted by Gasteiger charge is -2.09. The third kappa shape index (κ3) is 4.18. The Kier molecular flexibility index (Phi) is 5.72. The number of hydrogen-bond donors (Lipinski definition) is 1. The lowest BCUT2D eigenvalue weighted by Crippen LogP contribution is -2.14. The van der Waals surface area contributed by atoms with Crippen LogP contribution in [0.5, 0.6) is 0 Å². The quantitative estimate of drug-likeness (QED) is 0.799. The van der Waals surface area contributed by atoms with E-state index in [0.717, 1.165) is 29.2 Å². The number of hydrogen-bond acceptors (Lipinski definition) is 3. The van der Waals surface area contributed by atoms with Crippen molar-refractivity contribution in [1.82, 2.24) is 9.55 Å². The highest BCUT2D eigenvalue weighted by molar-refractivity contribution is 5.90. The van der Waals surface area contributed by atoms with Gasteiger partial charge in [-0.05, 0) is 44.5 Å². The number of imidazole rings is 1. The van der Waals surface area contributed by atoms with Gasteiger partial charge in [0.15, 0.2) is 0 Å². The van der Waals surface area contributed by atoms with Crippen molar-refractivity contribution >= 4 is 11.6 Å². The normalized spacial score (nSPS) is 10.7. The minimum atomic E-state index is -0.0292. The van der Waals surface area contributed by atoms with Gasteiger partial charge in [0.2, 0.25) is 5.91 Å². The molecule has 1 aromatic carbocycles. The van der Waals surface area contributed by atoms with Crippen LogP contribution in [0.3, 0.4) is 0 Å². The number of anilines is 1. The number of aromatic nitrogens is 2. The fourth-order valence-corrected chi connectivity index (χ4v) is 2.10. The number of carbonyl (C=O) groups excluding carboxylic acids is 1. The molecule has 0 aliphatic rings. The molecule has 22 heavy (non-hydrogen) atoms. The molecule has 1 aromatic heterocycles. The number of rotatable bonds is 7. The van der Waals surface area contributed by atoms with Gasteiger partial charge in [-0.3, -0.25) is 4.79 Å². The zero-order valence-corrected chi connectivity index (χ0v) is 13.4. The molecular weight excluding hydrogens is 278 g/mol. The summed E-state index contributed by atoms with van der Waals surface area (Å²) in [4.78, 5) is 16.1. The van der Waals surface area contributed by atoms with Crippen LogP contribution >= 0.6 is 0 Å². The summed E-state index contributed by atoms with van der Waals surface area (Å²) in [5, 5.41) is 2.87. The molecule has 0 saturated heterocycles. The highest BCUT2D eigenvalue weighted by atomic mass is 16.5. The fourth-order valence-electron chi connectivity index (χ4n) is 2.10. The molecule has 5 heteroatoms. The summed E-state index contributed by atoms with van der Waals surface area (Å²) in [7, 11) is 0.